The highest BCUT2D eigenvalue weighted by atomic mass is 79.9. The molecule has 0 bridgehead atoms. The van der Waals surface area contributed by atoms with Crippen molar-refractivity contribution < 1.29 is 45.6 Å². The molecular formula is C38H41BBrFN4O8. The molecule has 0 atom stereocenters. The van der Waals surface area contributed by atoms with Crippen molar-refractivity contribution in [1.29, 1.82) is 0 Å². The summed E-state index contributed by atoms with van der Waals surface area (Å²) in [5.41, 5.74) is 4.86. The number of hydrogen-bond donors (Lipinski definition) is 2. The number of hydrogen-bond acceptors (Lipinski definition) is 10. The summed E-state index contributed by atoms with van der Waals surface area (Å²) in [6.45, 7) is 2.06. The van der Waals surface area contributed by atoms with Crippen LogP contribution in [0, 0.1) is 0 Å². The Labute approximate surface area is 319 Å². The number of imidazole rings is 2. The fraction of sp³-hybridized carbons (Fsp3) is 0.211. The van der Waals surface area contributed by atoms with Crippen molar-refractivity contribution in [1.82, 2.24) is 19.1 Å². The summed E-state index contributed by atoms with van der Waals surface area (Å²) in [5.74, 6) is 4.43. The average molecular weight is 793 g/mol. The molecule has 0 fully saturated rings. The summed E-state index contributed by atoms with van der Waals surface area (Å²) in [5, 5.41) is 17.6. The third kappa shape index (κ3) is 10.8. The van der Waals surface area contributed by atoms with E-state index in [0.29, 0.717) is 17.0 Å². The zero-order chi connectivity index (χ0) is 38.5. The predicted molar refractivity (Wildman–Crippen MR) is 204 cm³/mol. The molecule has 8 rings (SSSR count). The summed E-state index contributed by atoms with van der Waals surface area (Å²) < 4.78 is 58.2. The van der Waals surface area contributed by atoms with Crippen LogP contribution in [-0.2, 0) is 13.1 Å². The molecule has 2 N–H and O–H groups in total. The van der Waals surface area contributed by atoms with Crippen LogP contribution in [-0.4, -0.2) is 71.2 Å². The van der Waals surface area contributed by atoms with Crippen molar-refractivity contribution in [2.75, 3.05) is 34.9 Å². The molecular weight excluding hydrogens is 750 g/mol. The van der Waals surface area contributed by atoms with Gasteiger partial charge in [0.2, 0.25) is 13.6 Å². The molecule has 15 heteroatoms. The van der Waals surface area contributed by atoms with Gasteiger partial charge in [-0.1, -0.05) is 31.7 Å². The number of alkyl halides is 1. The standard InChI is InChI=1S/C18H16N2O3.C11H11BrN2O.C7H7BO4.CH3F.CH4/c1-21-16-4-2-13(10-20-7-6-19-11-20)8-15(16)14-3-5-17-18(9-14)23-12-22-17;1-15-11-3-2-9(6-10(11)12)7-14-5-4-13-8-14;9-8(10)5-1-2-6-7(3-5)12-4-11-6;1-2;/h2-9,11H,10,12H2,1H3;2-6,8H,7H2,1H3;1-3,9-10H,4H2;1H3;1H4/i;;;1D2;. The normalized spacial score (nSPS) is 12.0. The summed E-state index contributed by atoms with van der Waals surface area (Å²) in [4.78, 5) is 8.08. The Morgan fingerprint density at radius 2 is 1.28 bits per heavy atom. The summed E-state index contributed by atoms with van der Waals surface area (Å²) >= 11 is 3.46. The van der Waals surface area contributed by atoms with Gasteiger partial charge in [-0.2, -0.15) is 0 Å². The van der Waals surface area contributed by atoms with Crippen LogP contribution in [0.2, 0.25) is 0 Å². The maximum Gasteiger partial charge on any atom is 0.488 e. The minimum atomic E-state index is -2.17. The molecule has 0 amide bonds. The van der Waals surface area contributed by atoms with E-state index in [1.807, 2.05) is 64.3 Å². The highest BCUT2D eigenvalue weighted by Crippen LogP contribution is 2.39. The summed E-state index contributed by atoms with van der Waals surface area (Å²) in [7, 11) is -0.281. The van der Waals surface area contributed by atoms with Gasteiger partial charge < -0.3 is 47.6 Å². The van der Waals surface area contributed by atoms with Gasteiger partial charge in [-0.05, 0) is 86.6 Å². The van der Waals surface area contributed by atoms with Crippen molar-refractivity contribution >= 4 is 28.5 Å². The summed E-state index contributed by atoms with van der Waals surface area (Å²) in [6.07, 6.45) is 11.1. The Balaban J connectivity index is 0.000000183. The molecule has 0 radical (unpaired) electrons. The molecule has 0 saturated carbocycles. The van der Waals surface area contributed by atoms with Crippen LogP contribution < -0.4 is 33.9 Å². The monoisotopic (exact) mass is 792 g/mol. The molecule has 0 saturated heterocycles. The highest BCUT2D eigenvalue weighted by molar-refractivity contribution is 9.10. The first-order valence-electron chi connectivity index (χ1n) is 16.8. The second-order valence-electron chi connectivity index (χ2n) is 11.0. The molecule has 2 aliphatic heterocycles. The number of halogens is 2. The number of fused-ring (bicyclic) bond motifs is 2. The maximum absolute atomic E-state index is 10.3. The Kier molecular flexibility index (Phi) is 14.0. The average Bonchev–Trinajstić information content (AvgIpc) is 4.01. The van der Waals surface area contributed by atoms with E-state index in [4.69, 9.17) is 41.2 Å². The minimum absolute atomic E-state index is 0. The first-order chi connectivity index (χ1) is 26.1. The highest BCUT2D eigenvalue weighted by Gasteiger charge is 2.18. The van der Waals surface area contributed by atoms with Crippen LogP contribution >= 0.6 is 15.9 Å². The van der Waals surface area contributed by atoms with Crippen molar-refractivity contribution in [2.24, 2.45) is 0 Å². The molecule has 4 aromatic carbocycles. The van der Waals surface area contributed by atoms with Crippen molar-refractivity contribution in [3.8, 4) is 45.6 Å². The van der Waals surface area contributed by atoms with Gasteiger partial charge in [-0.15, -0.1) is 0 Å². The van der Waals surface area contributed by atoms with Gasteiger partial charge in [-0.25, -0.2) is 9.97 Å². The minimum Gasteiger partial charge on any atom is -0.496 e. The number of aromatic nitrogens is 4. The van der Waals surface area contributed by atoms with E-state index in [-0.39, 0.29) is 21.0 Å². The van der Waals surface area contributed by atoms with Crippen molar-refractivity contribution in [2.45, 2.75) is 20.5 Å². The van der Waals surface area contributed by atoms with Gasteiger partial charge in [0.25, 0.3) is 0 Å². The van der Waals surface area contributed by atoms with Gasteiger partial charge in [0.05, 0.1) is 41.2 Å². The molecule has 2 aromatic heterocycles. The zero-order valence-corrected chi connectivity index (χ0v) is 29.9. The largest absolute Gasteiger partial charge is 0.496 e. The van der Waals surface area contributed by atoms with Crippen LogP contribution in [0.3, 0.4) is 0 Å². The first-order valence-corrected chi connectivity index (χ1v) is 16.5. The summed E-state index contributed by atoms with van der Waals surface area (Å²) in [6, 6.07) is 23.0. The van der Waals surface area contributed by atoms with Crippen molar-refractivity contribution in [3.63, 3.8) is 0 Å². The van der Waals surface area contributed by atoms with Crippen molar-refractivity contribution in [3.05, 3.63) is 126 Å². The lowest BCUT2D eigenvalue weighted by Crippen LogP contribution is -2.29. The fourth-order valence-corrected chi connectivity index (χ4v) is 5.80. The Bertz CT molecular complexity index is 2080. The lowest BCUT2D eigenvalue weighted by molar-refractivity contribution is 0.173. The number of ether oxygens (including phenoxy) is 6. The van der Waals surface area contributed by atoms with Crippen LogP contribution in [0.15, 0.2) is 115 Å². The van der Waals surface area contributed by atoms with E-state index >= 15 is 0 Å². The Morgan fingerprint density at radius 3 is 1.81 bits per heavy atom. The van der Waals surface area contributed by atoms with Gasteiger partial charge in [0.1, 0.15) is 11.5 Å². The fourth-order valence-electron chi connectivity index (χ4n) is 5.21. The van der Waals surface area contributed by atoms with Crippen LogP contribution in [0.1, 0.15) is 21.3 Å². The SMILES string of the molecule is C.COc1ccc(Cn2ccnc2)cc1-c1ccc2c(c1)OCO2.COc1ccc(Cn2ccnc2)cc1Br.OB(O)c1ccc2c(c1)OCO2.[2H]C([2H])F. The molecule has 6 aromatic rings. The lowest BCUT2D eigenvalue weighted by atomic mass is 9.80. The van der Waals surface area contributed by atoms with E-state index < -0.39 is 14.2 Å². The lowest BCUT2D eigenvalue weighted by Gasteiger charge is -2.12. The van der Waals surface area contributed by atoms with Crippen LogP contribution in [0.25, 0.3) is 11.1 Å². The quantitative estimate of drug-likeness (QED) is 0.168. The molecule has 53 heavy (non-hydrogen) atoms. The molecule has 0 spiro atoms. The molecule has 278 valence electrons. The van der Waals surface area contributed by atoms with Gasteiger partial charge in [-0.3, -0.25) is 4.39 Å². The molecule has 2 aliphatic rings. The van der Waals surface area contributed by atoms with E-state index in [1.165, 1.54) is 11.1 Å². The number of methoxy groups -OCH3 is 2. The van der Waals surface area contributed by atoms with Crippen LogP contribution in [0.5, 0.6) is 34.5 Å². The zero-order valence-electron chi connectivity index (χ0n) is 30.3. The van der Waals surface area contributed by atoms with E-state index in [9.17, 15) is 4.39 Å². The smallest absolute Gasteiger partial charge is 0.488 e. The third-order valence-electron chi connectivity index (χ3n) is 7.71. The molecule has 12 nitrogen and oxygen atoms in total. The number of nitrogens with zero attached hydrogens (tertiary/aromatic N) is 4. The van der Waals surface area contributed by atoms with E-state index in [2.05, 4.69) is 44.1 Å². The maximum atomic E-state index is 10.3. The second kappa shape index (κ2) is 19.9. The van der Waals surface area contributed by atoms with Crippen LogP contribution in [0.4, 0.5) is 4.39 Å². The topological polar surface area (TPSA) is 131 Å². The molecule has 0 aliphatic carbocycles. The molecule has 4 heterocycles. The number of benzene rings is 4. The van der Waals surface area contributed by atoms with Gasteiger partial charge in [0, 0.05) is 43.4 Å². The van der Waals surface area contributed by atoms with Gasteiger partial charge in [0.15, 0.2) is 23.0 Å². The third-order valence-corrected chi connectivity index (χ3v) is 8.33. The number of rotatable bonds is 8. The van der Waals surface area contributed by atoms with Gasteiger partial charge >= 0.3 is 7.12 Å². The Hall–Kier alpha value is -5.51. The van der Waals surface area contributed by atoms with E-state index in [0.717, 1.165) is 51.7 Å². The molecule has 0 unspecified atom stereocenters. The Morgan fingerprint density at radius 1 is 0.755 bits per heavy atom. The first kappa shape index (κ1) is 37.3. The predicted octanol–water partition coefficient (Wildman–Crippen LogP) is 6.36. The van der Waals surface area contributed by atoms with E-state index in [1.54, 1.807) is 51.1 Å². The second-order valence-corrected chi connectivity index (χ2v) is 11.9.